The van der Waals surface area contributed by atoms with Gasteiger partial charge in [0.25, 0.3) is 0 Å². The fourth-order valence-electron chi connectivity index (χ4n) is 3.56. The van der Waals surface area contributed by atoms with Gasteiger partial charge in [-0.1, -0.05) is 0 Å². The van der Waals surface area contributed by atoms with Gasteiger partial charge in [0.2, 0.25) is 0 Å². The first kappa shape index (κ1) is 16.4. The molecular formula is C16H31N5S. The van der Waals surface area contributed by atoms with Gasteiger partial charge in [-0.05, 0) is 45.5 Å². The van der Waals surface area contributed by atoms with Gasteiger partial charge in [0, 0.05) is 50.1 Å². The average Bonchev–Trinajstić information content (AvgIpc) is 3.06. The highest BCUT2D eigenvalue weighted by Crippen LogP contribution is 2.31. The van der Waals surface area contributed by atoms with Crippen LogP contribution in [0.15, 0.2) is 4.99 Å². The number of likely N-dealkylation sites (N-methyl/N-ethyl adjacent to an activating group) is 1. The zero-order valence-corrected chi connectivity index (χ0v) is 15.1. The highest BCUT2D eigenvalue weighted by molar-refractivity contribution is 7.99. The van der Waals surface area contributed by atoms with Crippen LogP contribution in [0, 0.1) is 0 Å². The molecule has 2 unspecified atom stereocenters. The molecule has 22 heavy (non-hydrogen) atoms. The molecule has 3 rings (SSSR count). The third kappa shape index (κ3) is 3.71. The summed E-state index contributed by atoms with van der Waals surface area (Å²) in [5, 5.41) is 7.22. The minimum atomic E-state index is 0.276. The van der Waals surface area contributed by atoms with Crippen molar-refractivity contribution in [3.63, 3.8) is 0 Å². The standard InChI is InChI=1S/C16H31N5S/c1-17-15(18-11-16(20(2)3)7-9-22-12-16)19-13-6-8-21(10-13)14-4-5-14/h13-14H,4-12H2,1-3H3,(H2,17,18,19). The molecule has 1 aliphatic carbocycles. The smallest absolute Gasteiger partial charge is 0.191 e. The number of aliphatic imine (C=N–C) groups is 1. The zero-order chi connectivity index (χ0) is 15.6. The molecule has 126 valence electrons. The molecule has 2 saturated heterocycles. The molecule has 0 amide bonds. The predicted octanol–water partition coefficient (Wildman–Crippen LogP) is 0.825. The minimum absolute atomic E-state index is 0.276. The molecule has 2 atom stereocenters. The number of hydrogen-bond donors (Lipinski definition) is 2. The molecule has 0 radical (unpaired) electrons. The normalized spacial score (nSPS) is 33.6. The van der Waals surface area contributed by atoms with Gasteiger partial charge in [-0.2, -0.15) is 11.8 Å². The average molecular weight is 326 g/mol. The van der Waals surface area contributed by atoms with Crippen LogP contribution in [-0.4, -0.2) is 85.7 Å². The molecule has 0 aromatic rings. The number of likely N-dealkylation sites (tertiary alicyclic amines) is 1. The lowest BCUT2D eigenvalue weighted by Crippen LogP contribution is -2.55. The summed E-state index contributed by atoms with van der Waals surface area (Å²) in [6, 6.07) is 1.44. The summed E-state index contributed by atoms with van der Waals surface area (Å²) < 4.78 is 0. The second-order valence-electron chi connectivity index (χ2n) is 7.20. The third-order valence-corrected chi connectivity index (χ3v) is 6.70. The Kier molecular flexibility index (Phi) is 5.20. The molecule has 1 saturated carbocycles. The number of thioether (sulfide) groups is 1. The summed E-state index contributed by atoms with van der Waals surface area (Å²) in [6.45, 7) is 3.41. The Morgan fingerprint density at radius 3 is 2.77 bits per heavy atom. The number of guanidine groups is 1. The van der Waals surface area contributed by atoms with E-state index in [0.717, 1.165) is 18.5 Å². The van der Waals surface area contributed by atoms with E-state index in [4.69, 9.17) is 0 Å². The first-order valence-corrected chi connectivity index (χ1v) is 9.75. The number of rotatable bonds is 5. The molecule has 2 aliphatic heterocycles. The van der Waals surface area contributed by atoms with Crippen LogP contribution in [0.1, 0.15) is 25.7 Å². The van der Waals surface area contributed by atoms with Crippen LogP contribution in [0.25, 0.3) is 0 Å². The van der Waals surface area contributed by atoms with E-state index < -0.39 is 0 Å². The van der Waals surface area contributed by atoms with Gasteiger partial charge in [0.15, 0.2) is 5.96 Å². The first-order valence-electron chi connectivity index (χ1n) is 8.59. The molecule has 0 bridgehead atoms. The molecule has 3 fully saturated rings. The highest BCUT2D eigenvalue weighted by Gasteiger charge is 2.37. The van der Waals surface area contributed by atoms with Crippen molar-refractivity contribution >= 4 is 17.7 Å². The number of nitrogens with zero attached hydrogens (tertiary/aromatic N) is 3. The van der Waals surface area contributed by atoms with E-state index in [9.17, 15) is 0 Å². The van der Waals surface area contributed by atoms with Crippen molar-refractivity contribution in [3.05, 3.63) is 0 Å². The van der Waals surface area contributed by atoms with Crippen molar-refractivity contribution in [2.24, 2.45) is 4.99 Å². The van der Waals surface area contributed by atoms with Crippen LogP contribution < -0.4 is 10.6 Å². The maximum absolute atomic E-state index is 4.44. The van der Waals surface area contributed by atoms with Gasteiger partial charge in [-0.25, -0.2) is 0 Å². The van der Waals surface area contributed by atoms with Crippen molar-refractivity contribution in [1.82, 2.24) is 20.4 Å². The van der Waals surface area contributed by atoms with E-state index in [-0.39, 0.29) is 5.54 Å². The Morgan fingerprint density at radius 2 is 2.18 bits per heavy atom. The lowest BCUT2D eigenvalue weighted by Gasteiger charge is -2.36. The van der Waals surface area contributed by atoms with Crippen molar-refractivity contribution in [2.45, 2.75) is 43.3 Å². The van der Waals surface area contributed by atoms with Crippen LogP contribution in [0.4, 0.5) is 0 Å². The number of hydrogen-bond acceptors (Lipinski definition) is 4. The molecule has 2 heterocycles. The predicted molar refractivity (Wildman–Crippen MR) is 95.9 cm³/mol. The van der Waals surface area contributed by atoms with Crippen LogP contribution in [0.5, 0.6) is 0 Å². The molecule has 2 N–H and O–H groups in total. The molecule has 0 spiro atoms. The highest BCUT2D eigenvalue weighted by atomic mass is 32.2. The maximum atomic E-state index is 4.44. The fraction of sp³-hybridized carbons (Fsp3) is 0.938. The van der Waals surface area contributed by atoms with Crippen LogP contribution in [0.2, 0.25) is 0 Å². The summed E-state index contributed by atoms with van der Waals surface area (Å²) >= 11 is 2.06. The maximum Gasteiger partial charge on any atom is 0.191 e. The summed E-state index contributed by atoms with van der Waals surface area (Å²) in [4.78, 5) is 9.46. The Labute approximate surface area is 139 Å². The molecule has 6 heteroatoms. The summed E-state index contributed by atoms with van der Waals surface area (Å²) in [5.41, 5.74) is 0.276. The van der Waals surface area contributed by atoms with Crippen LogP contribution in [-0.2, 0) is 0 Å². The van der Waals surface area contributed by atoms with E-state index in [1.807, 2.05) is 7.05 Å². The van der Waals surface area contributed by atoms with Gasteiger partial charge >= 0.3 is 0 Å². The largest absolute Gasteiger partial charge is 0.355 e. The van der Waals surface area contributed by atoms with Gasteiger partial charge < -0.3 is 15.5 Å². The second kappa shape index (κ2) is 6.97. The Hall–Kier alpha value is -0.460. The zero-order valence-electron chi connectivity index (χ0n) is 14.3. The van der Waals surface area contributed by atoms with E-state index in [1.54, 1.807) is 0 Å². The van der Waals surface area contributed by atoms with Gasteiger partial charge in [-0.15, -0.1) is 0 Å². The Balaban J connectivity index is 1.47. The van der Waals surface area contributed by atoms with Crippen LogP contribution in [0.3, 0.4) is 0 Å². The molecule has 0 aromatic heterocycles. The van der Waals surface area contributed by atoms with Gasteiger partial charge in [-0.3, -0.25) is 9.89 Å². The summed E-state index contributed by atoms with van der Waals surface area (Å²) in [5.74, 6) is 3.45. The summed E-state index contributed by atoms with van der Waals surface area (Å²) in [6.07, 6.45) is 5.31. The monoisotopic (exact) mass is 325 g/mol. The SMILES string of the molecule is CN=C(NCC1(N(C)C)CCSC1)NC1CCN(C2CC2)C1. The summed E-state index contributed by atoms with van der Waals surface area (Å²) in [7, 11) is 6.29. The van der Waals surface area contributed by atoms with E-state index in [0.29, 0.717) is 6.04 Å². The lowest BCUT2D eigenvalue weighted by molar-refractivity contribution is 0.183. The van der Waals surface area contributed by atoms with E-state index in [1.165, 1.54) is 50.3 Å². The second-order valence-corrected chi connectivity index (χ2v) is 8.31. The molecule has 5 nitrogen and oxygen atoms in total. The van der Waals surface area contributed by atoms with Crippen molar-refractivity contribution in [3.8, 4) is 0 Å². The van der Waals surface area contributed by atoms with Crippen molar-refractivity contribution in [1.29, 1.82) is 0 Å². The topological polar surface area (TPSA) is 42.9 Å². The first-order chi connectivity index (χ1) is 10.6. The van der Waals surface area contributed by atoms with Gasteiger partial charge in [0.1, 0.15) is 0 Å². The lowest BCUT2D eigenvalue weighted by atomic mass is 9.97. The fourth-order valence-corrected chi connectivity index (χ4v) is 5.11. The minimum Gasteiger partial charge on any atom is -0.355 e. The van der Waals surface area contributed by atoms with Crippen molar-refractivity contribution in [2.75, 3.05) is 52.3 Å². The van der Waals surface area contributed by atoms with Gasteiger partial charge in [0.05, 0.1) is 0 Å². The van der Waals surface area contributed by atoms with E-state index in [2.05, 4.69) is 51.3 Å². The third-order valence-electron chi connectivity index (χ3n) is 5.46. The molecule has 0 aromatic carbocycles. The van der Waals surface area contributed by atoms with E-state index >= 15 is 0 Å². The van der Waals surface area contributed by atoms with Crippen molar-refractivity contribution < 1.29 is 0 Å². The Morgan fingerprint density at radius 1 is 1.36 bits per heavy atom. The molecular weight excluding hydrogens is 294 g/mol. The quantitative estimate of drug-likeness (QED) is 0.579. The number of nitrogens with one attached hydrogen (secondary N) is 2. The molecule has 3 aliphatic rings. The van der Waals surface area contributed by atoms with Crippen LogP contribution >= 0.6 is 11.8 Å². The Bertz CT molecular complexity index is 401.